The van der Waals surface area contributed by atoms with Crippen molar-refractivity contribution >= 4 is 52.1 Å². The molecule has 0 amide bonds. The molecule has 164 valence electrons. The fourth-order valence-corrected chi connectivity index (χ4v) is 6.83. The number of carbonyl (C=O) groups is 2. The van der Waals surface area contributed by atoms with Crippen molar-refractivity contribution in [2.45, 2.75) is 65.0 Å². The molecule has 0 aliphatic carbocycles. The standard InChI is InChI=1S/C24H26O5Se2/c1-23(2,3)15-7-13(11-25)19-17(9-15)21(28-30-19)27-22-18-10-16(24(4,5)6)8-14(12-26)20(18)31-29-22/h7-12,21-22H,1-6H3. The molecule has 0 fully saturated rings. The van der Waals surface area contributed by atoms with Crippen LogP contribution >= 0.6 is 0 Å². The summed E-state index contributed by atoms with van der Waals surface area (Å²) in [5.74, 6) is 0. The average molecular weight is 552 g/mol. The fourth-order valence-electron chi connectivity index (χ4n) is 3.52. The molecule has 2 aliphatic rings. The molecule has 2 atom stereocenters. The van der Waals surface area contributed by atoms with Crippen LogP contribution in [-0.2, 0) is 23.2 Å². The van der Waals surface area contributed by atoms with E-state index in [1.54, 1.807) is 0 Å². The van der Waals surface area contributed by atoms with Gasteiger partial charge < -0.3 is 0 Å². The van der Waals surface area contributed by atoms with Gasteiger partial charge in [0.15, 0.2) is 0 Å². The van der Waals surface area contributed by atoms with Crippen LogP contribution in [0.4, 0.5) is 0 Å². The number of aldehydes is 2. The Morgan fingerprint density at radius 1 is 0.742 bits per heavy atom. The Morgan fingerprint density at radius 3 is 1.45 bits per heavy atom. The van der Waals surface area contributed by atoms with E-state index >= 15 is 0 Å². The van der Waals surface area contributed by atoms with Gasteiger partial charge in [0.1, 0.15) is 0 Å². The van der Waals surface area contributed by atoms with Crippen molar-refractivity contribution in [1.29, 1.82) is 0 Å². The van der Waals surface area contributed by atoms with Crippen LogP contribution in [0.3, 0.4) is 0 Å². The number of benzene rings is 2. The molecule has 5 nitrogen and oxygen atoms in total. The Balaban J connectivity index is 1.70. The van der Waals surface area contributed by atoms with Gasteiger partial charge in [-0.15, -0.1) is 0 Å². The van der Waals surface area contributed by atoms with Crippen molar-refractivity contribution in [2.24, 2.45) is 0 Å². The molecular formula is C24H26O5Se2. The zero-order valence-electron chi connectivity index (χ0n) is 18.5. The van der Waals surface area contributed by atoms with E-state index in [0.29, 0.717) is 11.1 Å². The first-order valence-electron chi connectivity index (χ1n) is 10.1. The zero-order chi connectivity index (χ0) is 22.6. The summed E-state index contributed by atoms with van der Waals surface area (Å²) >= 11 is -0.610. The molecule has 2 heterocycles. The summed E-state index contributed by atoms with van der Waals surface area (Å²) in [6.45, 7) is 12.7. The van der Waals surface area contributed by atoms with Crippen LogP contribution in [0.5, 0.6) is 0 Å². The molecule has 0 radical (unpaired) electrons. The second kappa shape index (κ2) is 8.24. The van der Waals surface area contributed by atoms with Gasteiger partial charge in [-0.3, -0.25) is 0 Å². The number of rotatable bonds is 4. The summed E-state index contributed by atoms with van der Waals surface area (Å²) in [4.78, 5) is 23.4. The summed E-state index contributed by atoms with van der Waals surface area (Å²) in [5.41, 5.74) is 5.08. The Kier molecular flexibility index (Phi) is 6.08. The van der Waals surface area contributed by atoms with E-state index in [0.717, 1.165) is 43.7 Å². The van der Waals surface area contributed by atoms with Crippen molar-refractivity contribution in [2.75, 3.05) is 0 Å². The molecule has 31 heavy (non-hydrogen) atoms. The summed E-state index contributed by atoms with van der Waals surface area (Å²) in [5, 5.41) is 0. The second-order valence-electron chi connectivity index (χ2n) is 9.86. The Labute approximate surface area is 196 Å². The maximum atomic E-state index is 11.7. The predicted octanol–water partition coefficient (Wildman–Crippen LogP) is 3.17. The molecule has 0 saturated carbocycles. The summed E-state index contributed by atoms with van der Waals surface area (Å²) < 4.78 is 20.2. The van der Waals surface area contributed by atoms with Gasteiger partial charge in [-0.05, 0) is 0 Å². The van der Waals surface area contributed by atoms with Crippen molar-refractivity contribution < 1.29 is 22.0 Å². The first kappa shape index (κ1) is 22.9. The fraction of sp³-hybridized carbons (Fsp3) is 0.417. The monoisotopic (exact) mass is 554 g/mol. The van der Waals surface area contributed by atoms with E-state index in [-0.39, 0.29) is 41.4 Å². The minimum atomic E-state index is -0.597. The zero-order valence-corrected chi connectivity index (χ0v) is 21.9. The molecule has 2 unspecified atom stereocenters. The van der Waals surface area contributed by atoms with E-state index in [2.05, 4.69) is 53.7 Å². The molecule has 4 rings (SSSR count). The summed E-state index contributed by atoms with van der Waals surface area (Å²) in [6.07, 6.45) is 0.609. The van der Waals surface area contributed by atoms with Crippen LogP contribution in [0.15, 0.2) is 24.3 Å². The molecule has 0 aromatic heterocycles. The van der Waals surface area contributed by atoms with Crippen LogP contribution in [0.1, 0.15) is 97.1 Å². The second-order valence-corrected chi connectivity index (χ2v) is 13.1. The van der Waals surface area contributed by atoms with Gasteiger partial charge in [-0.25, -0.2) is 0 Å². The Hall–Kier alpha value is -1.30. The van der Waals surface area contributed by atoms with Crippen molar-refractivity contribution in [3.8, 4) is 0 Å². The molecule has 0 N–H and O–H groups in total. The number of hydrogen-bond donors (Lipinski definition) is 0. The third-order valence-corrected chi connectivity index (χ3v) is 9.29. The van der Waals surface area contributed by atoms with Gasteiger partial charge in [0, 0.05) is 0 Å². The van der Waals surface area contributed by atoms with Crippen LogP contribution in [0.2, 0.25) is 0 Å². The topological polar surface area (TPSA) is 61.8 Å². The molecule has 0 spiro atoms. The molecule has 0 saturated heterocycles. The van der Waals surface area contributed by atoms with Gasteiger partial charge in [-0.1, -0.05) is 0 Å². The SMILES string of the molecule is CC(C)(C)c1cc(C=O)c2c(c1)C(OC1O[Se]c3c(C=O)cc(C(C)(C)C)cc31)O[Se]2. The minimum absolute atomic E-state index is 0.104. The number of hydrogen-bond acceptors (Lipinski definition) is 5. The quantitative estimate of drug-likeness (QED) is 0.431. The van der Waals surface area contributed by atoms with Gasteiger partial charge in [0.25, 0.3) is 0 Å². The van der Waals surface area contributed by atoms with Crippen LogP contribution in [-0.4, -0.2) is 43.1 Å². The summed E-state index contributed by atoms with van der Waals surface area (Å²) in [6, 6.07) is 8.09. The average Bonchev–Trinajstić information content (AvgIpc) is 3.30. The number of ether oxygens (including phenoxy) is 1. The van der Waals surface area contributed by atoms with Gasteiger partial charge in [-0.2, -0.15) is 0 Å². The molecular weight excluding hydrogens is 526 g/mol. The first-order valence-corrected chi connectivity index (χ1v) is 13.2. The Morgan fingerprint density at radius 2 is 1.13 bits per heavy atom. The van der Waals surface area contributed by atoms with E-state index in [9.17, 15) is 9.59 Å². The van der Waals surface area contributed by atoms with Crippen LogP contribution < -0.4 is 8.92 Å². The number of fused-ring (bicyclic) bond motifs is 2. The van der Waals surface area contributed by atoms with Crippen molar-refractivity contribution in [3.63, 3.8) is 0 Å². The normalized spacial score (nSPS) is 20.5. The molecule has 0 bridgehead atoms. The van der Waals surface area contributed by atoms with Crippen molar-refractivity contribution in [3.05, 3.63) is 57.6 Å². The third-order valence-electron chi connectivity index (χ3n) is 5.47. The predicted molar refractivity (Wildman–Crippen MR) is 121 cm³/mol. The molecule has 7 heteroatoms. The van der Waals surface area contributed by atoms with E-state index in [1.165, 1.54) is 0 Å². The number of carbonyl (C=O) groups excluding carboxylic acids is 2. The maximum absolute atomic E-state index is 11.7. The van der Waals surface area contributed by atoms with E-state index in [1.807, 2.05) is 12.1 Å². The van der Waals surface area contributed by atoms with Gasteiger partial charge in [0.05, 0.1) is 0 Å². The van der Waals surface area contributed by atoms with Gasteiger partial charge >= 0.3 is 197 Å². The van der Waals surface area contributed by atoms with Gasteiger partial charge in [0.2, 0.25) is 0 Å². The molecule has 2 aromatic carbocycles. The first-order chi connectivity index (χ1) is 14.5. The van der Waals surface area contributed by atoms with E-state index < -0.39 is 12.6 Å². The van der Waals surface area contributed by atoms with E-state index in [4.69, 9.17) is 12.4 Å². The van der Waals surface area contributed by atoms with Crippen LogP contribution in [0, 0.1) is 0 Å². The summed E-state index contributed by atoms with van der Waals surface area (Å²) in [7, 11) is 0. The third kappa shape index (κ3) is 4.33. The van der Waals surface area contributed by atoms with Crippen LogP contribution in [0.25, 0.3) is 0 Å². The van der Waals surface area contributed by atoms with Crippen molar-refractivity contribution in [1.82, 2.24) is 0 Å². The Bertz CT molecular complexity index is 966. The molecule has 2 aliphatic heterocycles. The molecule has 2 aromatic rings.